The summed E-state index contributed by atoms with van der Waals surface area (Å²) in [6.07, 6.45) is 2.37. The summed E-state index contributed by atoms with van der Waals surface area (Å²) < 4.78 is 0. The van der Waals surface area contributed by atoms with Crippen molar-refractivity contribution in [2.75, 3.05) is 6.54 Å². The Labute approximate surface area is 106 Å². The summed E-state index contributed by atoms with van der Waals surface area (Å²) in [4.78, 5) is 22.6. The van der Waals surface area contributed by atoms with Crippen molar-refractivity contribution in [3.8, 4) is 0 Å². The molecule has 2 unspecified atom stereocenters. The van der Waals surface area contributed by atoms with Crippen molar-refractivity contribution in [1.82, 2.24) is 10.6 Å². The van der Waals surface area contributed by atoms with E-state index in [0.717, 1.165) is 19.3 Å². The van der Waals surface area contributed by atoms with Gasteiger partial charge in [0, 0.05) is 12.6 Å². The Morgan fingerprint density at radius 1 is 1.67 bits per heavy atom. The summed E-state index contributed by atoms with van der Waals surface area (Å²) in [5.41, 5.74) is 4.89. The van der Waals surface area contributed by atoms with Crippen LogP contribution in [0.4, 0.5) is 0 Å². The molecule has 1 spiro atoms. The number of carbonyl (C=O) groups is 2. The molecule has 2 aliphatic rings. The highest BCUT2D eigenvalue weighted by Crippen LogP contribution is 2.30. The molecular weight excluding hydrogens is 234 g/mol. The zero-order valence-electron chi connectivity index (χ0n) is 10.6. The maximum Gasteiger partial charge on any atom is 0.242 e. The van der Waals surface area contributed by atoms with Gasteiger partial charge in [0.05, 0.1) is 12.0 Å². The van der Waals surface area contributed by atoms with Gasteiger partial charge in [-0.2, -0.15) is 0 Å². The summed E-state index contributed by atoms with van der Waals surface area (Å²) in [5, 5.41) is 15.6. The van der Waals surface area contributed by atoms with Crippen LogP contribution in [0.1, 0.15) is 32.6 Å². The summed E-state index contributed by atoms with van der Waals surface area (Å²) in [6.45, 7) is 2.27. The minimum absolute atomic E-state index is 0.0759. The van der Waals surface area contributed by atoms with Crippen molar-refractivity contribution < 1.29 is 14.7 Å². The van der Waals surface area contributed by atoms with E-state index in [0.29, 0.717) is 13.0 Å². The first-order chi connectivity index (χ1) is 8.44. The van der Waals surface area contributed by atoms with Crippen LogP contribution in [-0.4, -0.2) is 41.2 Å². The van der Waals surface area contributed by atoms with Crippen LogP contribution >= 0.6 is 0 Å². The predicted octanol–water partition coefficient (Wildman–Crippen LogP) is -1.13. The highest BCUT2D eigenvalue weighted by Gasteiger charge is 2.50. The zero-order valence-corrected chi connectivity index (χ0v) is 10.6. The lowest BCUT2D eigenvalue weighted by molar-refractivity contribution is -0.134. The molecule has 6 nitrogen and oxygen atoms in total. The highest BCUT2D eigenvalue weighted by molar-refractivity contribution is 5.93. The molecule has 0 saturated carbocycles. The lowest BCUT2D eigenvalue weighted by Gasteiger charge is -2.38. The van der Waals surface area contributed by atoms with Crippen LogP contribution in [0.25, 0.3) is 0 Å². The molecule has 0 aromatic carbocycles. The Balaban J connectivity index is 1.81. The van der Waals surface area contributed by atoms with Crippen LogP contribution in [0.2, 0.25) is 0 Å². The zero-order chi connectivity index (χ0) is 13.3. The van der Waals surface area contributed by atoms with E-state index >= 15 is 0 Å². The van der Waals surface area contributed by atoms with Crippen LogP contribution in [0.5, 0.6) is 0 Å². The van der Waals surface area contributed by atoms with Crippen LogP contribution in [0, 0.1) is 5.92 Å². The van der Waals surface area contributed by atoms with Crippen molar-refractivity contribution in [3.63, 3.8) is 0 Å². The van der Waals surface area contributed by atoms with E-state index in [1.807, 2.05) is 0 Å². The smallest absolute Gasteiger partial charge is 0.242 e. The molecule has 0 aromatic rings. The number of nitrogens with two attached hydrogens (primary N) is 1. The first-order valence-electron chi connectivity index (χ1n) is 6.48. The summed E-state index contributed by atoms with van der Waals surface area (Å²) in [7, 11) is 0. The van der Waals surface area contributed by atoms with Gasteiger partial charge < -0.3 is 16.2 Å². The molecule has 2 heterocycles. The molecule has 102 valence electrons. The van der Waals surface area contributed by atoms with E-state index in [1.165, 1.54) is 0 Å². The van der Waals surface area contributed by atoms with E-state index < -0.39 is 17.9 Å². The third kappa shape index (κ3) is 2.35. The number of rotatable bonds is 5. The lowest BCUT2D eigenvalue weighted by atomic mass is 9.90. The monoisotopic (exact) mass is 255 g/mol. The van der Waals surface area contributed by atoms with Gasteiger partial charge in [0.25, 0.3) is 0 Å². The molecule has 5 N–H and O–H groups in total. The number of amides is 2. The lowest BCUT2D eigenvalue weighted by Crippen LogP contribution is -2.70. The molecule has 0 bridgehead atoms. The Morgan fingerprint density at radius 2 is 2.39 bits per heavy atom. The Kier molecular flexibility index (Phi) is 3.59. The van der Waals surface area contributed by atoms with Gasteiger partial charge in [0.2, 0.25) is 11.8 Å². The summed E-state index contributed by atoms with van der Waals surface area (Å²) >= 11 is 0. The van der Waals surface area contributed by atoms with E-state index in [1.54, 1.807) is 6.92 Å². The first kappa shape index (κ1) is 13.3. The molecule has 6 heteroatoms. The van der Waals surface area contributed by atoms with E-state index in [-0.39, 0.29) is 17.5 Å². The number of β-lactam (4-membered cyclic amide) rings is 1. The fourth-order valence-electron chi connectivity index (χ4n) is 2.87. The molecular formula is C12H21N3O3. The SMILES string of the molecule is C[C@@H](O)[C@H](CCC1CCC2(CNC2=O)N1)C(N)=O. The van der Waals surface area contributed by atoms with Gasteiger partial charge in [-0.05, 0) is 32.6 Å². The predicted molar refractivity (Wildman–Crippen MR) is 65.5 cm³/mol. The number of hydrogen-bond acceptors (Lipinski definition) is 4. The van der Waals surface area contributed by atoms with Gasteiger partial charge in [0.1, 0.15) is 5.54 Å². The second kappa shape index (κ2) is 4.85. The van der Waals surface area contributed by atoms with Crippen LogP contribution in [-0.2, 0) is 9.59 Å². The Hall–Kier alpha value is -1.14. The molecule has 0 aromatic heterocycles. The average molecular weight is 255 g/mol. The first-order valence-corrected chi connectivity index (χ1v) is 6.48. The third-order valence-electron chi connectivity index (χ3n) is 4.16. The fraction of sp³-hybridized carbons (Fsp3) is 0.833. The maximum absolute atomic E-state index is 11.5. The van der Waals surface area contributed by atoms with E-state index in [9.17, 15) is 14.7 Å². The molecule has 2 fully saturated rings. The Morgan fingerprint density at radius 3 is 2.78 bits per heavy atom. The van der Waals surface area contributed by atoms with Crippen LogP contribution in [0.3, 0.4) is 0 Å². The second-order valence-electron chi connectivity index (χ2n) is 5.47. The topological polar surface area (TPSA) is 104 Å². The molecule has 0 aliphatic carbocycles. The average Bonchev–Trinajstić information content (AvgIpc) is 2.73. The molecule has 2 rings (SSSR count). The van der Waals surface area contributed by atoms with Crippen molar-refractivity contribution in [2.24, 2.45) is 11.7 Å². The van der Waals surface area contributed by atoms with Crippen molar-refractivity contribution in [1.29, 1.82) is 0 Å². The minimum atomic E-state index is -0.718. The van der Waals surface area contributed by atoms with Crippen LogP contribution in [0.15, 0.2) is 0 Å². The van der Waals surface area contributed by atoms with E-state index in [2.05, 4.69) is 10.6 Å². The number of primary amides is 1. The van der Waals surface area contributed by atoms with Gasteiger partial charge in [-0.25, -0.2) is 0 Å². The maximum atomic E-state index is 11.5. The normalized spacial score (nSPS) is 33.9. The Bertz CT molecular complexity index is 358. The largest absolute Gasteiger partial charge is 0.393 e. The fourth-order valence-corrected chi connectivity index (χ4v) is 2.87. The van der Waals surface area contributed by atoms with Gasteiger partial charge in [-0.3, -0.25) is 14.9 Å². The minimum Gasteiger partial charge on any atom is -0.393 e. The highest BCUT2D eigenvalue weighted by atomic mass is 16.3. The molecule has 2 aliphatic heterocycles. The molecule has 4 atom stereocenters. The third-order valence-corrected chi connectivity index (χ3v) is 4.16. The summed E-state index contributed by atoms with van der Waals surface area (Å²) in [6, 6.07) is 0.233. The molecule has 0 radical (unpaired) electrons. The van der Waals surface area contributed by atoms with Crippen molar-refractivity contribution in [2.45, 2.75) is 50.3 Å². The van der Waals surface area contributed by atoms with E-state index in [4.69, 9.17) is 5.73 Å². The summed E-state index contributed by atoms with van der Waals surface area (Å²) in [5.74, 6) is -0.885. The van der Waals surface area contributed by atoms with Gasteiger partial charge in [-0.1, -0.05) is 0 Å². The van der Waals surface area contributed by atoms with Gasteiger partial charge >= 0.3 is 0 Å². The molecule has 2 saturated heterocycles. The standard InChI is InChI=1S/C12H21N3O3/c1-7(16)9(10(13)17)3-2-8-4-5-12(15-8)6-14-11(12)18/h7-9,15-16H,2-6H2,1H3,(H2,13,17)(H,14,18)/t7-,8?,9+,12?/m1/s1. The quantitative estimate of drug-likeness (QED) is 0.467. The number of carbonyl (C=O) groups excluding carboxylic acids is 2. The number of nitrogens with one attached hydrogen (secondary N) is 2. The van der Waals surface area contributed by atoms with Crippen LogP contribution < -0.4 is 16.4 Å². The number of aliphatic hydroxyl groups excluding tert-OH is 1. The van der Waals surface area contributed by atoms with Gasteiger partial charge in [0.15, 0.2) is 0 Å². The molecule has 2 amide bonds. The van der Waals surface area contributed by atoms with Gasteiger partial charge in [-0.15, -0.1) is 0 Å². The number of hydrogen-bond donors (Lipinski definition) is 4. The van der Waals surface area contributed by atoms with Crippen molar-refractivity contribution >= 4 is 11.8 Å². The van der Waals surface area contributed by atoms with Crippen molar-refractivity contribution in [3.05, 3.63) is 0 Å². The molecule has 18 heavy (non-hydrogen) atoms. The second-order valence-corrected chi connectivity index (χ2v) is 5.47. The number of aliphatic hydroxyl groups is 1.